The van der Waals surface area contributed by atoms with E-state index in [9.17, 15) is 18.0 Å². The van der Waals surface area contributed by atoms with Crippen molar-refractivity contribution >= 4 is 27.7 Å². The normalized spacial score (nSPS) is 19.7. The summed E-state index contributed by atoms with van der Waals surface area (Å²) in [5.74, 6) is -1.59. The van der Waals surface area contributed by atoms with Gasteiger partial charge in [-0.1, -0.05) is 0 Å². The highest BCUT2D eigenvalue weighted by Crippen LogP contribution is 2.21. The lowest BCUT2D eigenvalue weighted by atomic mass is 10.2. The van der Waals surface area contributed by atoms with E-state index >= 15 is 0 Å². The molecule has 0 bridgehead atoms. The molecule has 1 aliphatic heterocycles. The molecule has 3 N–H and O–H groups in total. The van der Waals surface area contributed by atoms with Crippen LogP contribution in [0.5, 0.6) is 0 Å². The van der Waals surface area contributed by atoms with Crippen molar-refractivity contribution in [3.05, 3.63) is 24.3 Å². The number of carboxylic acids is 1. The Morgan fingerprint density at radius 3 is 2.32 bits per heavy atom. The number of benzene rings is 1. The van der Waals surface area contributed by atoms with Gasteiger partial charge >= 0.3 is 5.97 Å². The van der Waals surface area contributed by atoms with Crippen LogP contribution in [0.1, 0.15) is 6.42 Å². The average Bonchev–Trinajstić information content (AvgIpc) is 2.70. The van der Waals surface area contributed by atoms with Crippen LogP contribution >= 0.6 is 0 Å². The zero-order chi connectivity index (χ0) is 14.2. The summed E-state index contributed by atoms with van der Waals surface area (Å²) in [6.45, 7) is 0. The molecule has 0 aliphatic carbocycles. The molecule has 1 amide bonds. The highest BCUT2D eigenvalue weighted by atomic mass is 32.2. The second-order valence-electron chi connectivity index (χ2n) is 3.92. The lowest BCUT2D eigenvalue weighted by Crippen LogP contribution is -2.40. The molecule has 1 aromatic carbocycles. The van der Waals surface area contributed by atoms with Crippen molar-refractivity contribution in [1.29, 1.82) is 0 Å². The molecule has 1 saturated heterocycles. The predicted octanol–water partition coefficient (Wildman–Crippen LogP) is -0.372. The molecule has 9 heteroatoms. The van der Waals surface area contributed by atoms with Crippen molar-refractivity contribution in [2.45, 2.75) is 17.4 Å². The van der Waals surface area contributed by atoms with Crippen molar-refractivity contribution in [1.82, 2.24) is 5.43 Å². The van der Waals surface area contributed by atoms with Crippen LogP contribution in [-0.2, 0) is 19.7 Å². The molecule has 1 aromatic rings. The van der Waals surface area contributed by atoms with Crippen molar-refractivity contribution in [2.24, 2.45) is 0 Å². The van der Waals surface area contributed by atoms with E-state index in [2.05, 4.69) is 5.43 Å². The number of rotatable bonds is 3. The Bertz CT molecular complexity index is 624. The number of hydrogen-bond donors (Lipinski definition) is 3. The van der Waals surface area contributed by atoms with Gasteiger partial charge in [0.1, 0.15) is 6.04 Å². The topological polar surface area (TPSA) is 124 Å². The first-order valence-electron chi connectivity index (χ1n) is 5.18. The molecule has 1 aliphatic rings. The molecular weight excluding hydrogens is 276 g/mol. The number of amides is 1. The molecule has 0 spiro atoms. The van der Waals surface area contributed by atoms with E-state index in [1.165, 1.54) is 12.1 Å². The van der Waals surface area contributed by atoms with Crippen LogP contribution in [0.15, 0.2) is 29.2 Å². The van der Waals surface area contributed by atoms with Crippen molar-refractivity contribution in [2.75, 3.05) is 5.01 Å². The van der Waals surface area contributed by atoms with Gasteiger partial charge in [0.25, 0.3) is 10.1 Å². The largest absolute Gasteiger partial charge is 0.480 e. The second kappa shape index (κ2) is 4.61. The highest BCUT2D eigenvalue weighted by Gasteiger charge is 2.34. The highest BCUT2D eigenvalue weighted by molar-refractivity contribution is 7.85. The minimum atomic E-state index is -4.30. The molecule has 2 rings (SSSR count). The van der Waals surface area contributed by atoms with Gasteiger partial charge in [-0.3, -0.25) is 14.1 Å². The van der Waals surface area contributed by atoms with E-state index < -0.39 is 28.0 Å². The quantitative estimate of drug-likeness (QED) is 0.647. The summed E-state index contributed by atoms with van der Waals surface area (Å²) in [5.41, 5.74) is 2.78. The minimum Gasteiger partial charge on any atom is -0.480 e. The summed E-state index contributed by atoms with van der Waals surface area (Å²) >= 11 is 0. The number of hydrazine groups is 1. The lowest BCUT2D eigenvalue weighted by Gasteiger charge is -2.16. The third-order valence-electron chi connectivity index (χ3n) is 2.60. The Hall–Kier alpha value is -1.97. The number of nitrogens with one attached hydrogen (secondary N) is 1. The van der Waals surface area contributed by atoms with E-state index in [0.29, 0.717) is 5.69 Å². The van der Waals surface area contributed by atoms with Gasteiger partial charge in [0, 0.05) is 0 Å². The molecule has 1 heterocycles. The van der Waals surface area contributed by atoms with E-state index in [-0.39, 0.29) is 11.3 Å². The standard InChI is InChI=1S/C10H10N2O6S/c13-9-5-8(10(14)15)11-12(9)6-1-3-7(4-2-6)19(16,17)18/h1-4,8,11H,5H2,(H,14,15)(H,16,17,18). The second-order valence-corrected chi connectivity index (χ2v) is 5.34. The van der Waals surface area contributed by atoms with Crippen LogP contribution in [0.2, 0.25) is 0 Å². The molecule has 0 saturated carbocycles. The molecule has 0 radical (unpaired) electrons. The first-order valence-corrected chi connectivity index (χ1v) is 6.62. The van der Waals surface area contributed by atoms with E-state index in [1.807, 2.05) is 0 Å². The molecule has 1 fully saturated rings. The number of anilines is 1. The molecular formula is C10H10N2O6S. The zero-order valence-electron chi connectivity index (χ0n) is 9.48. The van der Waals surface area contributed by atoms with Crippen LogP contribution in [-0.4, -0.2) is 36.0 Å². The van der Waals surface area contributed by atoms with Crippen LogP contribution < -0.4 is 10.4 Å². The number of carbonyl (C=O) groups is 2. The first kappa shape index (κ1) is 13.5. The fourth-order valence-electron chi connectivity index (χ4n) is 1.67. The molecule has 1 unspecified atom stereocenters. The van der Waals surface area contributed by atoms with Gasteiger partial charge in [-0.25, -0.2) is 10.4 Å². The Labute approximate surface area is 108 Å². The van der Waals surface area contributed by atoms with Crippen LogP contribution in [0.25, 0.3) is 0 Å². The summed E-state index contributed by atoms with van der Waals surface area (Å²) in [6, 6.07) is 3.81. The van der Waals surface area contributed by atoms with Crippen molar-refractivity contribution in [3.8, 4) is 0 Å². The van der Waals surface area contributed by atoms with Gasteiger partial charge in [0.15, 0.2) is 0 Å². The number of nitrogens with zero attached hydrogens (tertiary/aromatic N) is 1. The maximum absolute atomic E-state index is 11.6. The molecule has 8 nitrogen and oxygen atoms in total. The Balaban J connectivity index is 2.24. The van der Waals surface area contributed by atoms with E-state index in [1.54, 1.807) is 0 Å². The number of hydrogen-bond acceptors (Lipinski definition) is 5. The number of carbonyl (C=O) groups excluding carboxylic acids is 1. The van der Waals surface area contributed by atoms with Crippen LogP contribution in [0.4, 0.5) is 5.69 Å². The van der Waals surface area contributed by atoms with Crippen molar-refractivity contribution < 1.29 is 27.7 Å². The molecule has 0 aromatic heterocycles. The minimum absolute atomic E-state index is 0.185. The summed E-state index contributed by atoms with van der Waals surface area (Å²) in [7, 11) is -4.30. The van der Waals surface area contributed by atoms with E-state index in [0.717, 1.165) is 17.1 Å². The Kier molecular flexibility index (Phi) is 3.27. The first-order chi connectivity index (χ1) is 8.79. The maximum Gasteiger partial charge on any atom is 0.323 e. The summed E-state index contributed by atoms with van der Waals surface area (Å²) in [5, 5.41) is 9.83. The van der Waals surface area contributed by atoms with E-state index in [4.69, 9.17) is 9.66 Å². The van der Waals surface area contributed by atoms with Gasteiger partial charge in [-0.05, 0) is 24.3 Å². The third-order valence-corrected chi connectivity index (χ3v) is 3.47. The zero-order valence-corrected chi connectivity index (χ0v) is 10.3. The summed E-state index contributed by atoms with van der Waals surface area (Å²) < 4.78 is 30.5. The molecule has 19 heavy (non-hydrogen) atoms. The van der Waals surface area contributed by atoms with Crippen LogP contribution in [0.3, 0.4) is 0 Å². The Morgan fingerprint density at radius 2 is 1.89 bits per heavy atom. The summed E-state index contributed by atoms with van der Waals surface area (Å²) in [6.07, 6.45) is -0.185. The van der Waals surface area contributed by atoms with Gasteiger partial charge in [-0.2, -0.15) is 8.42 Å². The van der Waals surface area contributed by atoms with Crippen LogP contribution in [0, 0.1) is 0 Å². The monoisotopic (exact) mass is 286 g/mol. The van der Waals surface area contributed by atoms with Gasteiger partial charge in [0.2, 0.25) is 5.91 Å². The van der Waals surface area contributed by atoms with Gasteiger partial charge < -0.3 is 5.11 Å². The lowest BCUT2D eigenvalue weighted by molar-refractivity contribution is -0.139. The number of carboxylic acid groups (broad SMARTS) is 1. The molecule has 102 valence electrons. The molecule has 1 atom stereocenters. The number of aliphatic carboxylic acids is 1. The SMILES string of the molecule is O=C(O)C1CC(=O)N(c2ccc(S(=O)(=O)O)cc2)N1. The third kappa shape index (κ3) is 2.72. The summed E-state index contributed by atoms with van der Waals surface area (Å²) in [4.78, 5) is 22.1. The smallest absolute Gasteiger partial charge is 0.323 e. The maximum atomic E-state index is 11.6. The average molecular weight is 286 g/mol. The Morgan fingerprint density at radius 1 is 1.32 bits per heavy atom. The fourth-order valence-corrected chi connectivity index (χ4v) is 2.15. The van der Waals surface area contributed by atoms with Crippen molar-refractivity contribution in [3.63, 3.8) is 0 Å². The predicted molar refractivity (Wildman–Crippen MR) is 62.9 cm³/mol. The fraction of sp³-hybridized carbons (Fsp3) is 0.200. The van der Waals surface area contributed by atoms with Gasteiger partial charge in [0.05, 0.1) is 17.0 Å². The van der Waals surface area contributed by atoms with Gasteiger partial charge in [-0.15, -0.1) is 0 Å².